The van der Waals surface area contributed by atoms with Gasteiger partial charge in [-0.05, 0) is 86.1 Å². The number of allylic oxidation sites excluding steroid dienone is 1. The predicted octanol–water partition coefficient (Wildman–Crippen LogP) is 7.77. The fourth-order valence-corrected chi connectivity index (χ4v) is 7.75. The lowest BCUT2D eigenvalue weighted by Gasteiger charge is -2.32. The minimum absolute atomic E-state index is 0.0427. The van der Waals surface area contributed by atoms with Gasteiger partial charge in [0.05, 0.1) is 0 Å². The molecular weight excluding hydrogens is 546 g/mol. The molecule has 0 aliphatic carbocycles. The zero-order valence-electron chi connectivity index (χ0n) is 23.2. The van der Waals surface area contributed by atoms with Gasteiger partial charge in [0, 0.05) is 59.9 Å². The quantitative estimate of drug-likeness (QED) is 0.199. The van der Waals surface area contributed by atoms with Gasteiger partial charge < -0.3 is 10.6 Å². The van der Waals surface area contributed by atoms with Crippen LogP contribution in [-0.2, 0) is 6.42 Å². The molecule has 0 amide bonds. The first kappa shape index (κ1) is 29.5. The molecule has 2 aliphatic rings. The summed E-state index contributed by atoms with van der Waals surface area (Å²) in [6, 6.07) is 15.0. The van der Waals surface area contributed by atoms with Gasteiger partial charge in [-0.2, -0.15) is 0 Å². The Morgan fingerprint density at radius 1 is 0.976 bits per heavy atom. The molecule has 3 aromatic rings. The molecule has 3 nitrogen and oxygen atoms in total. The summed E-state index contributed by atoms with van der Waals surface area (Å²) in [6.07, 6.45) is 5.09. The Hall–Kier alpha value is -2.94. The monoisotopic (exact) mass is 583 g/mol. The van der Waals surface area contributed by atoms with Crippen molar-refractivity contribution in [1.82, 2.24) is 9.62 Å². The van der Waals surface area contributed by atoms with Crippen LogP contribution in [0.15, 0.2) is 72.9 Å². The van der Waals surface area contributed by atoms with Crippen molar-refractivity contribution in [2.45, 2.75) is 56.5 Å². The first-order valence-corrected chi connectivity index (χ1v) is 15.7. The van der Waals surface area contributed by atoms with E-state index in [1.54, 1.807) is 18.2 Å². The van der Waals surface area contributed by atoms with Crippen LogP contribution < -0.4 is 10.6 Å². The fourth-order valence-electron chi connectivity index (χ4n) is 6.05. The van der Waals surface area contributed by atoms with Crippen molar-refractivity contribution < 1.29 is 17.6 Å². The summed E-state index contributed by atoms with van der Waals surface area (Å²) in [7, 11) is -0.0427. The predicted molar refractivity (Wildman–Crippen MR) is 162 cm³/mol. The number of benzene rings is 3. The van der Waals surface area contributed by atoms with Crippen LogP contribution in [0.25, 0.3) is 0 Å². The van der Waals surface area contributed by atoms with Crippen LogP contribution in [0, 0.1) is 23.3 Å². The number of hydrogen-bond acceptors (Lipinski definition) is 3. The molecule has 0 radical (unpaired) electrons. The van der Waals surface area contributed by atoms with E-state index < -0.39 is 23.4 Å². The number of anilines is 1. The molecule has 5 atom stereocenters. The van der Waals surface area contributed by atoms with Crippen LogP contribution in [0.2, 0.25) is 0 Å². The first-order chi connectivity index (χ1) is 19.8. The van der Waals surface area contributed by atoms with Crippen LogP contribution >= 0.6 is 10.7 Å². The Balaban J connectivity index is 1.33. The standard InChI is InChI=1S/C33H37F4N3S/c1-22(17-31(23-8-10-25(34)11-9-23)24-18-26(35)20-27(36)19-24)39-33-7-3-6-32(37)30(33)13-12-29-21-38-28-5-4-16-41(2)40(29)15-14-28/h3,6-11,18-20,28-29,31,38-39H,1-2,4-5,12-17,21H2/t28-,29?,31+,41?/m1/s1. The maximum Gasteiger partial charge on any atom is 0.128 e. The highest BCUT2D eigenvalue weighted by molar-refractivity contribution is 8.12. The molecular formula is C33H37F4N3S. The number of hydrogen-bond donors (Lipinski definition) is 2. The lowest BCUT2D eigenvalue weighted by Crippen LogP contribution is -2.37. The molecule has 0 saturated carbocycles. The van der Waals surface area contributed by atoms with Gasteiger partial charge in [0.1, 0.15) is 23.3 Å². The molecule has 3 unspecified atom stereocenters. The minimum atomic E-state index is -0.688. The van der Waals surface area contributed by atoms with E-state index in [0.29, 0.717) is 40.5 Å². The normalized spacial score (nSPS) is 23.3. The van der Waals surface area contributed by atoms with Crippen molar-refractivity contribution >= 4 is 22.2 Å². The van der Waals surface area contributed by atoms with E-state index >= 15 is 4.39 Å². The maximum absolute atomic E-state index is 15.2. The van der Waals surface area contributed by atoms with Gasteiger partial charge in [0.25, 0.3) is 0 Å². The highest BCUT2D eigenvalue weighted by atomic mass is 32.2. The Morgan fingerprint density at radius 2 is 1.73 bits per heavy atom. The summed E-state index contributed by atoms with van der Waals surface area (Å²) in [5, 5.41) is 7.01. The van der Waals surface area contributed by atoms with Crippen molar-refractivity contribution in [3.63, 3.8) is 0 Å². The van der Waals surface area contributed by atoms with Crippen LogP contribution in [0.5, 0.6) is 0 Å². The third-order valence-corrected chi connectivity index (χ3v) is 10.1. The van der Waals surface area contributed by atoms with E-state index in [4.69, 9.17) is 0 Å². The van der Waals surface area contributed by atoms with Crippen molar-refractivity contribution in [1.29, 1.82) is 0 Å². The zero-order valence-corrected chi connectivity index (χ0v) is 24.0. The highest BCUT2D eigenvalue weighted by Crippen LogP contribution is 2.34. The second kappa shape index (κ2) is 13.4. The molecule has 41 heavy (non-hydrogen) atoms. The number of halogens is 4. The van der Waals surface area contributed by atoms with Gasteiger partial charge >= 0.3 is 0 Å². The highest BCUT2D eigenvalue weighted by Gasteiger charge is 2.28. The molecule has 2 heterocycles. The maximum atomic E-state index is 15.2. The van der Waals surface area contributed by atoms with Crippen molar-refractivity contribution in [3.05, 3.63) is 113 Å². The van der Waals surface area contributed by atoms with E-state index in [-0.39, 0.29) is 28.9 Å². The third kappa shape index (κ3) is 7.48. The second-order valence-electron chi connectivity index (χ2n) is 11.0. The average molecular weight is 584 g/mol. The molecule has 2 fully saturated rings. The van der Waals surface area contributed by atoms with Gasteiger partial charge in [-0.3, -0.25) is 4.31 Å². The lowest BCUT2D eigenvalue weighted by atomic mass is 9.87. The molecule has 2 N–H and O–H groups in total. The summed E-state index contributed by atoms with van der Waals surface area (Å²) >= 11 is 0. The molecule has 5 rings (SSSR count). The van der Waals surface area contributed by atoms with Crippen LogP contribution in [-0.4, -0.2) is 41.1 Å². The molecule has 2 saturated heterocycles. The van der Waals surface area contributed by atoms with Crippen molar-refractivity contribution in [2.75, 3.05) is 24.2 Å². The second-order valence-corrected chi connectivity index (χ2v) is 12.8. The molecule has 2 aliphatic heterocycles. The topological polar surface area (TPSA) is 27.3 Å². The Kier molecular flexibility index (Phi) is 9.63. The summed E-state index contributed by atoms with van der Waals surface area (Å²) in [5.74, 6) is 3.01. The molecule has 0 aromatic heterocycles. The largest absolute Gasteiger partial charge is 0.359 e. The van der Waals surface area contributed by atoms with E-state index in [2.05, 4.69) is 27.4 Å². The van der Waals surface area contributed by atoms with Gasteiger partial charge in [0.15, 0.2) is 0 Å². The molecule has 8 heteroatoms. The SMILES string of the molecule is C=C(C[C@@H](c1ccc(F)cc1)c1cc(F)cc(F)c1)Nc1cccc(F)c1CCC1CN[C@@H]2CCCS(=C)N1CC2. The molecule has 3 aromatic carbocycles. The van der Waals surface area contributed by atoms with Gasteiger partial charge in [0.2, 0.25) is 0 Å². The summed E-state index contributed by atoms with van der Waals surface area (Å²) < 4.78 is 59.7. The Morgan fingerprint density at radius 3 is 2.49 bits per heavy atom. The number of nitrogens with zero attached hydrogens (tertiary/aromatic N) is 1. The van der Waals surface area contributed by atoms with Crippen molar-refractivity contribution in [2.24, 2.45) is 0 Å². The van der Waals surface area contributed by atoms with E-state index in [1.807, 2.05) is 6.07 Å². The fraction of sp³-hybridized carbons (Fsp3) is 0.364. The van der Waals surface area contributed by atoms with E-state index in [9.17, 15) is 13.2 Å². The first-order valence-electron chi connectivity index (χ1n) is 14.2. The Labute approximate surface area is 242 Å². The van der Waals surface area contributed by atoms with Crippen LogP contribution in [0.4, 0.5) is 23.2 Å². The van der Waals surface area contributed by atoms with Gasteiger partial charge in [-0.25, -0.2) is 17.6 Å². The molecule has 218 valence electrons. The van der Waals surface area contributed by atoms with Gasteiger partial charge in [-0.1, -0.05) is 30.6 Å². The molecule has 2 bridgehead atoms. The van der Waals surface area contributed by atoms with E-state index in [0.717, 1.165) is 37.8 Å². The van der Waals surface area contributed by atoms with Crippen molar-refractivity contribution in [3.8, 4) is 0 Å². The lowest BCUT2D eigenvalue weighted by molar-refractivity contribution is 0.348. The number of fused-ring (bicyclic) bond motifs is 3. The summed E-state index contributed by atoms with van der Waals surface area (Å²) in [6.45, 7) is 6.06. The van der Waals surface area contributed by atoms with E-state index in [1.165, 1.54) is 43.2 Å². The van der Waals surface area contributed by atoms with Gasteiger partial charge in [-0.15, -0.1) is 10.7 Å². The summed E-state index contributed by atoms with van der Waals surface area (Å²) in [4.78, 5) is 0. The minimum Gasteiger partial charge on any atom is -0.359 e. The molecule has 0 spiro atoms. The van der Waals surface area contributed by atoms with Crippen LogP contribution in [0.1, 0.15) is 54.7 Å². The summed E-state index contributed by atoms with van der Waals surface area (Å²) in [5.41, 5.74) is 2.88. The average Bonchev–Trinajstić information content (AvgIpc) is 3.09. The third-order valence-electron chi connectivity index (χ3n) is 8.18. The smallest absolute Gasteiger partial charge is 0.128 e. The van der Waals surface area contributed by atoms with Crippen LogP contribution in [0.3, 0.4) is 0 Å². The Bertz CT molecular complexity index is 1370. The zero-order chi connectivity index (χ0) is 28.9. The number of nitrogens with one attached hydrogen (secondary N) is 2. The number of rotatable bonds is 9.